The number of rotatable bonds is 3. The summed E-state index contributed by atoms with van der Waals surface area (Å²) in [5, 5.41) is 0.112. The number of nitrogens with zero attached hydrogens (tertiary/aromatic N) is 4. The molecule has 2 aromatic rings. The zero-order valence-corrected chi connectivity index (χ0v) is 12.7. The third kappa shape index (κ3) is 2.86. The van der Waals surface area contributed by atoms with Crippen LogP contribution in [-0.4, -0.2) is 43.3 Å². The van der Waals surface area contributed by atoms with Crippen molar-refractivity contribution in [1.29, 1.82) is 0 Å². The van der Waals surface area contributed by atoms with Gasteiger partial charge in [-0.05, 0) is 17.5 Å². The average molecular weight is 326 g/mol. The summed E-state index contributed by atoms with van der Waals surface area (Å²) in [6.07, 6.45) is 1.89. The number of nitrogens with one attached hydrogen (secondary N) is 1. The zero-order valence-electron chi connectivity index (χ0n) is 11.2. The molecule has 1 unspecified atom stereocenters. The predicted octanol–water partition coefficient (Wildman–Crippen LogP) is 1.64. The van der Waals surface area contributed by atoms with Crippen LogP contribution in [0.2, 0.25) is 5.28 Å². The monoisotopic (exact) mass is 325 g/mol. The lowest BCUT2D eigenvalue weighted by molar-refractivity contribution is -0.117. The van der Waals surface area contributed by atoms with Gasteiger partial charge in [-0.25, -0.2) is 4.98 Å². The summed E-state index contributed by atoms with van der Waals surface area (Å²) in [6, 6.07) is 0. The lowest BCUT2D eigenvalue weighted by Gasteiger charge is -2.16. The molecule has 0 saturated carbocycles. The number of imidazole rings is 1. The van der Waals surface area contributed by atoms with E-state index in [0.717, 1.165) is 0 Å². The van der Waals surface area contributed by atoms with Gasteiger partial charge in [0, 0.05) is 25.6 Å². The van der Waals surface area contributed by atoms with Crippen LogP contribution in [0.5, 0.6) is 0 Å². The molecule has 0 aliphatic carbocycles. The van der Waals surface area contributed by atoms with Crippen LogP contribution in [0.15, 0.2) is 6.33 Å². The van der Waals surface area contributed by atoms with Crippen LogP contribution in [0.25, 0.3) is 11.2 Å². The predicted molar refractivity (Wildman–Crippen MR) is 80.3 cm³/mol. The summed E-state index contributed by atoms with van der Waals surface area (Å²) in [5.41, 5.74) is 1.02. The molecule has 1 aliphatic rings. The van der Waals surface area contributed by atoms with Crippen LogP contribution in [-0.2, 0) is 9.59 Å². The first-order chi connectivity index (χ1) is 10.0. The summed E-state index contributed by atoms with van der Waals surface area (Å²) >= 11 is 7.12. The second kappa shape index (κ2) is 5.61. The van der Waals surface area contributed by atoms with E-state index >= 15 is 0 Å². The molecule has 3 rings (SSSR count). The molecule has 21 heavy (non-hydrogen) atoms. The lowest BCUT2D eigenvalue weighted by atomic mass is 10.1. The maximum Gasteiger partial charge on any atom is 0.228 e. The zero-order chi connectivity index (χ0) is 15.0. The highest BCUT2D eigenvalue weighted by atomic mass is 35.5. The van der Waals surface area contributed by atoms with Crippen molar-refractivity contribution >= 4 is 51.4 Å². The molecular weight excluding hydrogens is 314 g/mol. The van der Waals surface area contributed by atoms with Crippen molar-refractivity contribution in [2.75, 3.05) is 17.2 Å². The number of hydrogen-bond acceptors (Lipinski definition) is 6. The van der Waals surface area contributed by atoms with Crippen LogP contribution in [0.1, 0.15) is 13.3 Å². The van der Waals surface area contributed by atoms with E-state index in [1.807, 2.05) is 0 Å². The van der Waals surface area contributed by atoms with Gasteiger partial charge < -0.3 is 4.98 Å². The molecule has 110 valence electrons. The molecule has 0 bridgehead atoms. The molecule has 1 atom stereocenters. The molecule has 1 fully saturated rings. The molecule has 3 heterocycles. The Morgan fingerprint density at radius 3 is 3.14 bits per heavy atom. The molecule has 1 amide bonds. The van der Waals surface area contributed by atoms with Crippen LogP contribution in [0.3, 0.4) is 0 Å². The van der Waals surface area contributed by atoms with Crippen molar-refractivity contribution in [1.82, 2.24) is 19.9 Å². The Morgan fingerprint density at radius 2 is 2.38 bits per heavy atom. The summed E-state index contributed by atoms with van der Waals surface area (Å²) in [5.74, 6) is 1.17. The van der Waals surface area contributed by atoms with E-state index in [1.54, 1.807) is 4.90 Å². The number of aromatic nitrogens is 4. The van der Waals surface area contributed by atoms with Crippen molar-refractivity contribution in [3.8, 4) is 0 Å². The molecule has 0 radical (unpaired) electrons. The average Bonchev–Trinajstić information content (AvgIpc) is 3.01. The Balaban J connectivity index is 1.87. The largest absolute Gasteiger partial charge is 0.340 e. The molecule has 0 spiro atoms. The summed E-state index contributed by atoms with van der Waals surface area (Å²) in [7, 11) is 0. The first-order valence-electron chi connectivity index (χ1n) is 6.35. The minimum Gasteiger partial charge on any atom is -0.340 e. The standard InChI is InChI=1S/C12H12ClN5O2S/c1-6(19)21-4-7-2-8(20)18(3-7)11-9-10(15-5-14-9)16-12(13)17-11/h5,7H,2-4H2,1H3,(H,14,15,16,17). The Bertz CT molecular complexity index is 719. The Labute approximate surface area is 129 Å². The minimum atomic E-state index is -0.0326. The number of aromatic amines is 1. The van der Waals surface area contributed by atoms with E-state index in [9.17, 15) is 9.59 Å². The summed E-state index contributed by atoms with van der Waals surface area (Å²) in [6.45, 7) is 2.04. The summed E-state index contributed by atoms with van der Waals surface area (Å²) in [4.78, 5) is 39.9. The van der Waals surface area contributed by atoms with Crippen molar-refractivity contribution < 1.29 is 9.59 Å². The number of fused-ring (bicyclic) bond motifs is 1. The molecule has 2 aromatic heterocycles. The number of carbonyl (C=O) groups excluding carboxylic acids is 2. The maximum absolute atomic E-state index is 12.2. The summed E-state index contributed by atoms with van der Waals surface area (Å²) < 4.78 is 0. The first kappa shape index (κ1) is 14.3. The van der Waals surface area contributed by atoms with Crippen LogP contribution in [0, 0.1) is 5.92 Å². The van der Waals surface area contributed by atoms with Gasteiger partial charge in [-0.3, -0.25) is 14.5 Å². The van der Waals surface area contributed by atoms with Crippen molar-refractivity contribution in [3.05, 3.63) is 11.6 Å². The lowest BCUT2D eigenvalue weighted by Crippen LogP contribution is -2.26. The van der Waals surface area contributed by atoms with Gasteiger partial charge >= 0.3 is 0 Å². The highest BCUT2D eigenvalue weighted by Gasteiger charge is 2.33. The molecule has 1 N–H and O–H groups in total. The number of hydrogen-bond donors (Lipinski definition) is 1. The molecule has 1 aliphatic heterocycles. The van der Waals surface area contributed by atoms with Gasteiger partial charge in [0.05, 0.1) is 6.33 Å². The Morgan fingerprint density at radius 1 is 1.57 bits per heavy atom. The third-order valence-electron chi connectivity index (χ3n) is 3.22. The molecule has 1 saturated heterocycles. The second-order valence-electron chi connectivity index (χ2n) is 4.79. The fourth-order valence-electron chi connectivity index (χ4n) is 2.32. The van der Waals surface area contributed by atoms with Gasteiger partial charge in [-0.1, -0.05) is 11.8 Å². The highest BCUT2D eigenvalue weighted by Crippen LogP contribution is 2.30. The second-order valence-corrected chi connectivity index (χ2v) is 6.33. The maximum atomic E-state index is 12.2. The molecule has 7 nitrogen and oxygen atoms in total. The van der Waals surface area contributed by atoms with Gasteiger partial charge in [-0.2, -0.15) is 9.97 Å². The van der Waals surface area contributed by atoms with E-state index in [4.69, 9.17) is 11.6 Å². The quantitative estimate of drug-likeness (QED) is 0.862. The Kier molecular flexibility index (Phi) is 3.81. The van der Waals surface area contributed by atoms with Crippen LogP contribution >= 0.6 is 23.4 Å². The smallest absolute Gasteiger partial charge is 0.228 e. The van der Waals surface area contributed by atoms with Gasteiger partial charge in [0.15, 0.2) is 16.6 Å². The number of anilines is 1. The highest BCUT2D eigenvalue weighted by molar-refractivity contribution is 8.13. The van der Waals surface area contributed by atoms with Crippen LogP contribution in [0.4, 0.5) is 5.82 Å². The van der Waals surface area contributed by atoms with E-state index in [-0.39, 0.29) is 22.2 Å². The van der Waals surface area contributed by atoms with Gasteiger partial charge in [-0.15, -0.1) is 0 Å². The molecule has 9 heteroatoms. The number of amides is 1. The normalized spacial score (nSPS) is 18.7. The number of H-pyrrole nitrogens is 1. The minimum absolute atomic E-state index is 0.0326. The number of thioether (sulfide) groups is 1. The fourth-order valence-corrected chi connectivity index (χ4v) is 3.17. The van der Waals surface area contributed by atoms with Gasteiger partial charge in [0.1, 0.15) is 5.52 Å². The number of carbonyl (C=O) groups is 2. The Hall–Kier alpha value is -1.67. The molecular formula is C12H12ClN5O2S. The van der Waals surface area contributed by atoms with Crippen LogP contribution < -0.4 is 4.90 Å². The number of halogens is 1. The topological polar surface area (TPSA) is 91.8 Å². The van der Waals surface area contributed by atoms with Gasteiger partial charge in [0.25, 0.3) is 0 Å². The first-order valence-corrected chi connectivity index (χ1v) is 7.71. The van der Waals surface area contributed by atoms with Crippen molar-refractivity contribution in [3.63, 3.8) is 0 Å². The van der Waals surface area contributed by atoms with E-state index in [2.05, 4.69) is 19.9 Å². The van der Waals surface area contributed by atoms with Gasteiger partial charge in [0.2, 0.25) is 11.2 Å². The van der Waals surface area contributed by atoms with Crippen molar-refractivity contribution in [2.24, 2.45) is 5.92 Å². The van der Waals surface area contributed by atoms with E-state index < -0.39 is 0 Å². The van der Waals surface area contributed by atoms with E-state index in [0.29, 0.717) is 35.7 Å². The fraction of sp³-hybridized carbons (Fsp3) is 0.417. The van der Waals surface area contributed by atoms with E-state index in [1.165, 1.54) is 25.0 Å². The SMILES string of the molecule is CC(=O)SCC1CC(=O)N(c2nc(Cl)nc3nc[nH]c23)C1. The van der Waals surface area contributed by atoms with Crippen molar-refractivity contribution in [2.45, 2.75) is 13.3 Å². The third-order valence-corrected chi connectivity index (χ3v) is 4.44. The molecule has 0 aromatic carbocycles.